The normalized spacial score (nSPS) is 18.3. The summed E-state index contributed by atoms with van der Waals surface area (Å²) in [4.78, 5) is 30.4. The Morgan fingerprint density at radius 3 is 2.57 bits per heavy atom. The largest absolute Gasteiger partial charge is 0.493 e. The standard InChI is InChI=1S/C36H40F2N8O5/c1-3-34(25(2)48)46-35(49)45(23-42-46)30-9-7-29(8-10-30)43(24-47)15-14-40-28-5-11-31(12-6-28)50-18-26-17-36(51-19-26,20-44-22-39-21-41-44)32-13-4-27(37)16-33(32)38/h4-13,16,21-26,34,40,48H,3,14-15,17-20H2,1-2H3/t25-,26-,34-,36+/m0/s1. The van der Waals surface area contributed by atoms with E-state index in [2.05, 4.69) is 20.5 Å². The molecule has 268 valence electrons. The number of carbonyl (C=O) groups is 1. The van der Waals surface area contributed by atoms with Crippen LogP contribution in [0.15, 0.2) is 90.5 Å². The van der Waals surface area contributed by atoms with Crippen molar-refractivity contribution in [3.05, 3.63) is 113 Å². The number of aliphatic hydroxyl groups is 1. The zero-order valence-electron chi connectivity index (χ0n) is 28.3. The molecule has 0 saturated carbocycles. The summed E-state index contributed by atoms with van der Waals surface area (Å²) in [6.45, 7) is 5.25. The van der Waals surface area contributed by atoms with Gasteiger partial charge in [0.2, 0.25) is 6.41 Å². The Labute approximate surface area is 293 Å². The van der Waals surface area contributed by atoms with E-state index in [-0.39, 0.29) is 23.7 Å². The SMILES string of the molecule is CC[C@@H]([C@H](C)O)n1ncn(-c2ccc(N(C=O)CCNc3ccc(OC[C@H]4CO[C@](Cn5cncn5)(c5ccc(F)cc5F)C4)cc3)cc2)c1=O. The highest BCUT2D eigenvalue weighted by Crippen LogP contribution is 2.42. The Morgan fingerprint density at radius 2 is 1.90 bits per heavy atom. The molecular weight excluding hydrogens is 662 g/mol. The zero-order valence-corrected chi connectivity index (χ0v) is 28.3. The molecule has 3 heterocycles. The van der Waals surface area contributed by atoms with Crippen molar-refractivity contribution in [1.82, 2.24) is 29.1 Å². The number of aromatic nitrogens is 6. The van der Waals surface area contributed by atoms with Gasteiger partial charge in [-0.25, -0.2) is 32.5 Å². The van der Waals surface area contributed by atoms with Crippen molar-refractivity contribution in [3.8, 4) is 11.4 Å². The highest BCUT2D eigenvalue weighted by molar-refractivity contribution is 5.75. The number of benzene rings is 3. The average Bonchev–Trinajstić information content (AvgIpc) is 3.88. The van der Waals surface area contributed by atoms with Gasteiger partial charge in [0.1, 0.15) is 42.0 Å². The number of halogens is 2. The third-order valence-corrected chi connectivity index (χ3v) is 9.11. The molecule has 51 heavy (non-hydrogen) atoms. The van der Waals surface area contributed by atoms with E-state index in [1.54, 1.807) is 40.8 Å². The van der Waals surface area contributed by atoms with Crippen LogP contribution in [0.5, 0.6) is 5.75 Å². The van der Waals surface area contributed by atoms with Gasteiger partial charge in [0.05, 0.1) is 37.6 Å². The predicted molar refractivity (Wildman–Crippen MR) is 185 cm³/mol. The molecule has 1 saturated heterocycles. The molecule has 4 atom stereocenters. The average molecular weight is 703 g/mol. The van der Waals surface area contributed by atoms with Gasteiger partial charge in [0.15, 0.2) is 0 Å². The Morgan fingerprint density at radius 1 is 1.12 bits per heavy atom. The Kier molecular flexibility index (Phi) is 10.9. The predicted octanol–water partition coefficient (Wildman–Crippen LogP) is 4.32. The molecule has 0 radical (unpaired) electrons. The number of ether oxygens (including phenoxy) is 2. The summed E-state index contributed by atoms with van der Waals surface area (Å²) in [5.74, 6) is -0.735. The molecule has 1 aliphatic heterocycles. The molecule has 5 aromatic rings. The summed E-state index contributed by atoms with van der Waals surface area (Å²) in [7, 11) is 0. The van der Waals surface area contributed by atoms with Gasteiger partial charge in [-0.2, -0.15) is 10.2 Å². The highest BCUT2D eigenvalue weighted by atomic mass is 19.1. The summed E-state index contributed by atoms with van der Waals surface area (Å²) >= 11 is 0. The minimum atomic E-state index is -1.05. The first-order valence-electron chi connectivity index (χ1n) is 16.7. The molecule has 13 nitrogen and oxygen atoms in total. The molecule has 1 fully saturated rings. The van der Waals surface area contributed by atoms with E-state index in [9.17, 15) is 23.5 Å². The number of carbonyl (C=O) groups excluding carboxylic acids is 1. The van der Waals surface area contributed by atoms with E-state index >= 15 is 0 Å². The van der Waals surface area contributed by atoms with Gasteiger partial charge in [-0.3, -0.25) is 4.79 Å². The van der Waals surface area contributed by atoms with Gasteiger partial charge in [0.25, 0.3) is 0 Å². The number of hydrogen-bond acceptors (Lipinski definition) is 9. The van der Waals surface area contributed by atoms with E-state index in [0.717, 1.165) is 18.2 Å². The minimum Gasteiger partial charge on any atom is -0.493 e. The number of hydrogen-bond donors (Lipinski definition) is 2. The first-order chi connectivity index (χ1) is 24.7. The fourth-order valence-electron chi connectivity index (χ4n) is 6.48. The van der Waals surface area contributed by atoms with E-state index in [4.69, 9.17) is 9.47 Å². The number of rotatable bonds is 16. The van der Waals surface area contributed by atoms with E-state index < -0.39 is 29.4 Å². The quantitative estimate of drug-likeness (QED) is 0.144. The van der Waals surface area contributed by atoms with Crippen LogP contribution in [-0.4, -0.2) is 73.0 Å². The van der Waals surface area contributed by atoms with Crippen LogP contribution in [0.4, 0.5) is 20.2 Å². The first-order valence-corrected chi connectivity index (χ1v) is 16.7. The maximum absolute atomic E-state index is 14.9. The van der Waals surface area contributed by atoms with Crippen LogP contribution in [0.1, 0.15) is 38.3 Å². The first kappa shape index (κ1) is 35.4. The van der Waals surface area contributed by atoms with Gasteiger partial charge in [0, 0.05) is 42.0 Å². The number of nitrogens with one attached hydrogen (secondary N) is 1. The Bertz CT molecular complexity index is 1950. The van der Waals surface area contributed by atoms with Crippen molar-refractivity contribution in [2.75, 3.05) is 36.5 Å². The molecule has 15 heteroatoms. The molecular formula is C36H40F2N8O5. The van der Waals surface area contributed by atoms with Crippen molar-refractivity contribution in [2.24, 2.45) is 5.92 Å². The molecule has 2 aromatic heterocycles. The fraction of sp³-hybridized carbons (Fsp3) is 0.361. The second kappa shape index (κ2) is 15.6. The number of amides is 1. The van der Waals surface area contributed by atoms with Crippen LogP contribution in [0, 0.1) is 17.6 Å². The monoisotopic (exact) mass is 702 g/mol. The number of aliphatic hydroxyl groups excluding tert-OH is 1. The third-order valence-electron chi connectivity index (χ3n) is 9.11. The summed E-state index contributed by atoms with van der Waals surface area (Å²) in [6.07, 6.45) is 5.39. The summed E-state index contributed by atoms with van der Waals surface area (Å²) in [5, 5.41) is 21.7. The molecule has 0 unspecified atom stereocenters. The van der Waals surface area contributed by atoms with E-state index in [1.807, 2.05) is 31.2 Å². The zero-order chi connectivity index (χ0) is 36.0. The second-order valence-electron chi connectivity index (χ2n) is 12.6. The highest BCUT2D eigenvalue weighted by Gasteiger charge is 2.44. The van der Waals surface area contributed by atoms with Crippen molar-refractivity contribution < 1.29 is 28.2 Å². The summed E-state index contributed by atoms with van der Waals surface area (Å²) in [6, 6.07) is 17.5. The lowest BCUT2D eigenvalue weighted by molar-refractivity contribution is -0.107. The molecule has 1 amide bonds. The van der Waals surface area contributed by atoms with Crippen molar-refractivity contribution >= 4 is 17.8 Å². The Hall–Kier alpha value is -5.41. The van der Waals surface area contributed by atoms with Crippen LogP contribution in [0.3, 0.4) is 0 Å². The fourth-order valence-corrected chi connectivity index (χ4v) is 6.48. The van der Waals surface area contributed by atoms with Gasteiger partial charge in [-0.05, 0) is 74.4 Å². The summed E-state index contributed by atoms with van der Waals surface area (Å²) < 4.78 is 45.2. The molecule has 0 aliphatic carbocycles. The van der Waals surface area contributed by atoms with E-state index in [1.165, 1.54) is 40.4 Å². The topological polar surface area (TPSA) is 142 Å². The van der Waals surface area contributed by atoms with Crippen LogP contribution in [0.25, 0.3) is 5.69 Å². The van der Waals surface area contributed by atoms with Gasteiger partial charge in [-0.1, -0.05) is 13.0 Å². The minimum absolute atomic E-state index is 0.0543. The van der Waals surface area contributed by atoms with Crippen LogP contribution in [0.2, 0.25) is 0 Å². The molecule has 0 bridgehead atoms. The van der Waals surface area contributed by atoms with Crippen molar-refractivity contribution in [3.63, 3.8) is 0 Å². The lowest BCUT2D eigenvalue weighted by Gasteiger charge is -2.29. The third kappa shape index (κ3) is 7.99. The molecule has 6 rings (SSSR count). The van der Waals surface area contributed by atoms with Gasteiger partial charge < -0.3 is 24.8 Å². The number of anilines is 2. The molecule has 0 spiro atoms. The molecule has 2 N–H and O–H groups in total. The van der Waals surface area contributed by atoms with Crippen LogP contribution >= 0.6 is 0 Å². The lowest BCUT2D eigenvalue weighted by Crippen LogP contribution is -2.32. The Balaban J connectivity index is 1.00. The van der Waals surface area contributed by atoms with Crippen molar-refractivity contribution in [2.45, 2.75) is 51.0 Å². The smallest absolute Gasteiger partial charge is 0.350 e. The van der Waals surface area contributed by atoms with Crippen LogP contribution < -0.4 is 20.6 Å². The van der Waals surface area contributed by atoms with Crippen molar-refractivity contribution in [1.29, 1.82) is 0 Å². The maximum atomic E-state index is 14.9. The lowest BCUT2D eigenvalue weighted by atomic mass is 9.87. The molecule has 3 aromatic carbocycles. The number of nitrogens with zero attached hydrogens (tertiary/aromatic N) is 7. The molecule has 1 aliphatic rings. The summed E-state index contributed by atoms with van der Waals surface area (Å²) in [5.41, 5.74) is 0.962. The van der Waals surface area contributed by atoms with Gasteiger partial charge >= 0.3 is 5.69 Å². The van der Waals surface area contributed by atoms with E-state index in [0.29, 0.717) is 56.3 Å². The maximum Gasteiger partial charge on any atom is 0.350 e. The van der Waals surface area contributed by atoms with Gasteiger partial charge in [-0.15, -0.1) is 0 Å². The second-order valence-corrected chi connectivity index (χ2v) is 12.6. The van der Waals surface area contributed by atoms with Crippen LogP contribution in [-0.2, 0) is 21.7 Å².